The van der Waals surface area contributed by atoms with Gasteiger partial charge in [0.05, 0.1) is 0 Å². The lowest BCUT2D eigenvalue weighted by atomic mass is 9.85. The van der Waals surface area contributed by atoms with Crippen molar-refractivity contribution < 1.29 is 38.4 Å². The maximum Gasteiger partial charge on any atom is 0.254 e. The van der Waals surface area contributed by atoms with Crippen molar-refractivity contribution in [3.63, 3.8) is 0 Å². The van der Waals surface area contributed by atoms with Crippen LogP contribution in [0, 0.1) is 29.6 Å². The van der Waals surface area contributed by atoms with Crippen molar-refractivity contribution in [3.05, 3.63) is 29.8 Å². The number of benzene rings is 1. The number of amides is 8. The zero-order valence-corrected chi connectivity index (χ0v) is 47.2. The third-order valence-electron chi connectivity index (χ3n) is 13.5. The van der Waals surface area contributed by atoms with Crippen molar-refractivity contribution >= 4 is 61.8 Å². The topological polar surface area (TPSA) is 227 Å². The minimum Gasteiger partial charge on any atom is -0.350 e. The van der Waals surface area contributed by atoms with Crippen LogP contribution in [-0.4, -0.2) is 132 Å². The van der Waals surface area contributed by atoms with Crippen molar-refractivity contribution in [2.45, 2.75) is 201 Å². The smallest absolute Gasteiger partial charge is 0.254 e. The fourth-order valence-corrected chi connectivity index (χ4v) is 9.81. The fourth-order valence-electron chi connectivity index (χ4n) is 9.62. The van der Waals surface area contributed by atoms with Crippen molar-refractivity contribution in [1.82, 2.24) is 47.0 Å². The zero-order chi connectivity index (χ0) is 54.2. The van der Waals surface area contributed by atoms with E-state index in [1.807, 2.05) is 86.5 Å². The Labute approximate surface area is 433 Å². The normalized spacial score (nSPS) is 18.7. The number of likely N-dealkylation sites (tertiary alicyclic amines) is 1. The Morgan fingerprint density at radius 1 is 0.639 bits per heavy atom. The van der Waals surface area contributed by atoms with E-state index < -0.39 is 76.7 Å². The van der Waals surface area contributed by atoms with Gasteiger partial charge in [-0.05, 0) is 134 Å². The zero-order valence-electron chi connectivity index (χ0n) is 46.1. The van der Waals surface area contributed by atoms with Gasteiger partial charge in [0, 0.05) is 24.7 Å². The van der Waals surface area contributed by atoms with Gasteiger partial charge in [0.1, 0.15) is 41.3 Å². The summed E-state index contributed by atoms with van der Waals surface area (Å²) >= 11 is 0. The molecular formula is C54H92N9O8P. The molecule has 1 heterocycles. The van der Waals surface area contributed by atoms with Crippen LogP contribution in [0.4, 0.5) is 0 Å². The summed E-state index contributed by atoms with van der Waals surface area (Å²) in [5.74, 6) is -3.68. The summed E-state index contributed by atoms with van der Waals surface area (Å²) in [5.41, 5.74) is -2.41. The predicted molar refractivity (Wildman–Crippen MR) is 287 cm³/mol. The summed E-state index contributed by atoms with van der Waals surface area (Å²) < 4.78 is 0. The number of rotatable bonds is 26. The van der Waals surface area contributed by atoms with Gasteiger partial charge < -0.3 is 47.0 Å². The molecule has 72 heavy (non-hydrogen) atoms. The summed E-state index contributed by atoms with van der Waals surface area (Å²) in [5, 5.41) is 21.1. The van der Waals surface area contributed by atoms with Gasteiger partial charge in [-0.25, -0.2) is 0 Å². The van der Waals surface area contributed by atoms with Crippen molar-refractivity contribution in [2.75, 3.05) is 27.2 Å². The van der Waals surface area contributed by atoms with E-state index in [1.54, 1.807) is 30.9 Å². The van der Waals surface area contributed by atoms with Gasteiger partial charge in [-0.15, -0.1) is 9.24 Å². The summed E-state index contributed by atoms with van der Waals surface area (Å²) in [6.45, 7) is 22.5. The Morgan fingerprint density at radius 2 is 1.10 bits per heavy atom. The highest BCUT2D eigenvalue weighted by Crippen LogP contribution is 2.29. The number of likely N-dealkylation sites (N-methyl/N-ethyl adjacent to an activating group) is 1. The molecule has 2 fully saturated rings. The average Bonchev–Trinajstić information content (AvgIpc) is 3.67. The molecular weight excluding hydrogens is 934 g/mol. The number of carbonyl (C=O) groups is 8. The van der Waals surface area contributed by atoms with E-state index in [2.05, 4.69) is 46.5 Å². The minimum atomic E-state index is -1.58. The first-order valence-electron chi connectivity index (χ1n) is 26.5. The second-order valence-corrected chi connectivity index (χ2v) is 24.1. The highest BCUT2D eigenvalue weighted by molar-refractivity contribution is 7.27. The van der Waals surface area contributed by atoms with Gasteiger partial charge in [0.15, 0.2) is 0 Å². The Kier molecular flexibility index (Phi) is 24.1. The molecule has 1 saturated carbocycles. The third kappa shape index (κ3) is 20.0. The second-order valence-electron chi connectivity index (χ2n) is 23.5. The quantitative estimate of drug-likeness (QED) is 0.0655. The number of hydrogen-bond donors (Lipinski definition) is 7. The largest absolute Gasteiger partial charge is 0.350 e. The van der Waals surface area contributed by atoms with E-state index in [9.17, 15) is 38.4 Å². The lowest BCUT2D eigenvalue weighted by molar-refractivity contribution is -0.138. The SMILES string of the molecule is CC(C)C[C@H](NC(=O)[C@H](CCC1CCCCC1)NC(=O)[C@@H]1C[C@H](C)CN1C(=O)c1ccc(P)cc1)C(=O)NC(C)(C)C(=O)N[C@@H](CC(C)C)C(=O)N[C@@H](CC(C)C)C(=O)NC(C)(C)C(=O)N[C@@H](C)CN(C)C. The molecule has 0 aromatic heterocycles. The maximum absolute atomic E-state index is 14.4. The van der Waals surface area contributed by atoms with Crippen LogP contribution in [0.3, 0.4) is 0 Å². The number of carbonyl (C=O) groups excluding carboxylic acids is 8. The van der Waals surface area contributed by atoms with Gasteiger partial charge in [0.2, 0.25) is 41.4 Å². The molecule has 1 aromatic rings. The molecule has 0 bridgehead atoms. The van der Waals surface area contributed by atoms with E-state index in [4.69, 9.17) is 0 Å². The molecule has 1 aromatic carbocycles. The van der Waals surface area contributed by atoms with E-state index in [0.717, 1.165) is 31.0 Å². The first-order valence-corrected chi connectivity index (χ1v) is 27.1. The van der Waals surface area contributed by atoms with Crippen LogP contribution >= 0.6 is 9.24 Å². The standard InChI is InChI=1S/C54H92N9O8P/c1-32(2)26-41(46(65)58-43(28-34(5)6)48(67)60-53(9,10)51(70)55-36(8)31-62(13)14)59-52(71)54(11,12)61-47(66)42(27-33(3)4)57-45(64)40(25-20-37-18-16-15-17-19-37)56-49(68)44-29-35(7)30-63(44)50(69)38-21-23-39(72)24-22-38/h21-24,32-37,40-44H,15-20,25-31,72H2,1-14H3,(H,55,70)(H,56,68)(H,57,64)(H,58,65)(H,59,71)(H,60,67)(H,61,66)/t35-,36-,40-,41-,42-,43-,44-/m0/s1. The van der Waals surface area contributed by atoms with Crippen molar-refractivity contribution in [2.24, 2.45) is 29.6 Å². The fraction of sp³-hybridized carbons (Fsp3) is 0.741. The lowest BCUT2D eigenvalue weighted by Crippen LogP contribution is -2.64. The van der Waals surface area contributed by atoms with Crippen LogP contribution in [0.5, 0.6) is 0 Å². The first-order chi connectivity index (χ1) is 33.5. The molecule has 7 N–H and O–H groups in total. The van der Waals surface area contributed by atoms with Crippen LogP contribution in [0.25, 0.3) is 0 Å². The van der Waals surface area contributed by atoms with Gasteiger partial charge in [-0.3, -0.25) is 38.4 Å². The molecule has 17 nitrogen and oxygen atoms in total. The molecule has 8 amide bonds. The number of hydrogen-bond acceptors (Lipinski definition) is 9. The molecule has 406 valence electrons. The molecule has 18 heteroatoms. The van der Waals surface area contributed by atoms with Crippen LogP contribution in [0.2, 0.25) is 0 Å². The Balaban J connectivity index is 1.80. The summed E-state index contributed by atoms with van der Waals surface area (Å²) in [6, 6.07) is 1.97. The summed E-state index contributed by atoms with van der Waals surface area (Å²) in [4.78, 5) is 116. The third-order valence-corrected chi connectivity index (χ3v) is 13.9. The Bertz CT molecular complexity index is 2000. The molecule has 1 saturated heterocycles. The molecule has 1 aliphatic carbocycles. The Hall–Kier alpha value is -4.63. The van der Waals surface area contributed by atoms with Gasteiger partial charge in [-0.2, -0.15) is 0 Å². The molecule has 8 atom stereocenters. The summed E-state index contributed by atoms with van der Waals surface area (Å²) in [7, 11) is 6.39. The Morgan fingerprint density at radius 3 is 1.57 bits per heavy atom. The van der Waals surface area contributed by atoms with E-state index in [1.165, 1.54) is 20.3 Å². The monoisotopic (exact) mass is 1030 g/mol. The van der Waals surface area contributed by atoms with Crippen LogP contribution in [0.15, 0.2) is 24.3 Å². The number of nitrogens with one attached hydrogen (secondary N) is 7. The van der Waals surface area contributed by atoms with Crippen LogP contribution < -0.4 is 42.5 Å². The van der Waals surface area contributed by atoms with E-state index in [-0.39, 0.29) is 60.8 Å². The molecule has 0 spiro atoms. The predicted octanol–water partition coefficient (Wildman–Crippen LogP) is 4.33. The highest BCUT2D eigenvalue weighted by Gasteiger charge is 2.41. The molecule has 2 aliphatic rings. The average molecular weight is 1030 g/mol. The molecule has 3 rings (SSSR count). The van der Waals surface area contributed by atoms with Crippen molar-refractivity contribution in [3.8, 4) is 0 Å². The molecule has 1 unspecified atom stereocenters. The van der Waals surface area contributed by atoms with E-state index in [0.29, 0.717) is 43.8 Å². The molecule has 1 aliphatic heterocycles. The van der Waals surface area contributed by atoms with Crippen molar-refractivity contribution in [1.29, 1.82) is 0 Å². The highest BCUT2D eigenvalue weighted by atomic mass is 31.0. The molecule has 0 radical (unpaired) electrons. The van der Waals surface area contributed by atoms with Crippen LogP contribution in [0.1, 0.15) is 164 Å². The minimum absolute atomic E-state index is 0.0194. The second kappa shape index (κ2) is 28.2. The number of nitrogens with zero attached hydrogens (tertiary/aromatic N) is 2. The van der Waals surface area contributed by atoms with Crippen LogP contribution in [-0.2, 0) is 33.6 Å². The first kappa shape index (κ1) is 61.7. The van der Waals surface area contributed by atoms with Gasteiger partial charge in [-0.1, -0.05) is 92.7 Å². The lowest BCUT2D eigenvalue weighted by Gasteiger charge is -2.33. The van der Waals surface area contributed by atoms with E-state index >= 15 is 0 Å². The summed E-state index contributed by atoms with van der Waals surface area (Å²) in [6.07, 6.45) is 7.66. The maximum atomic E-state index is 14.4. The van der Waals surface area contributed by atoms with Gasteiger partial charge in [0.25, 0.3) is 5.91 Å². The van der Waals surface area contributed by atoms with Gasteiger partial charge >= 0.3 is 0 Å².